The van der Waals surface area contributed by atoms with Crippen LogP contribution in [-0.4, -0.2) is 0 Å². The fourth-order valence-corrected chi connectivity index (χ4v) is 1.29. The number of terminal acetylenes is 1. The SMILES string of the molecule is C#CCC(CC=CC)CCCC. The van der Waals surface area contributed by atoms with Gasteiger partial charge >= 0.3 is 0 Å². The van der Waals surface area contributed by atoms with E-state index in [4.69, 9.17) is 6.42 Å². The fraction of sp³-hybridized carbons (Fsp3) is 0.667. The molecule has 0 N–H and O–H groups in total. The van der Waals surface area contributed by atoms with E-state index in [1.807, 2.05) is 0 Å². The summed E-state index contributed by atoms with van der Waals surface area (Å²) in [5.74, 6) is 3.47. The van der Waals surface area contributed by atoms with Crippen LogP contribution in [0, 0.1) is 18.3 Å². The third kappa shape index (κ3) is 6.04. The minimum absolute atomic E-state index is 0.714. The molecule has 0 aromatic heterocycles. The second kappa shape index (κ2) is 8.40. The minimum Gasteiger partial charge on any atom is -0.120 e. The molecule has 0 aliphatic carbocycles. The summed E-state index contributed by atoms with van der Waals surface area (Å²) in [6.45, 7) is 4.29. The second-order valence-corrected chi connectivity index (χ2v) is 3.22. The van der Waals surface area contributed by atoms with E-state index in [1.165, 1.54) is 19.3 Å². The first-order chi connectivity index (χ1) is 5.85. The first kappa shape index (κ1) is 11.3. The molecule has 0 aromatic carbocycles. The molecule has 0 bridgehead atoms. The Labute approximate surface area is 77.1 Å². The van der Waals surface area contributed by atoms with Crippen molar-refractivity contribution in [1.29, 1.82) is 0 Å². The van der Waals surface area contributed by atoms with Crippen molar-refractivity contribution in [3.63, 3.8) is 0 Å². The summed E-state index contributed by atoms with van der Waals surface area (Å²) in [4.78, 5) is 0. The van der Waals surface area contributed by atoms with Crippen molar-refractivity contribution in [2.45, 2.75) is 46.0 Å². The Bertz CT molecular complexity index is 148. The van der Waals surface area contributed by atoms with Gasteiger partial charge in [-0.2, -0.15) is 0 Å². The molecular formula is C12H20. The van der Waals surface area contributed by atoms with Crippen LogP contribution in [0.15, 0.2) is 12.2 Å². The number of hydrogen-bond donors (Lipinski definition) is 0. The van der Waals surface area contributed by atoms with Gasteiger partial charge in [0.1, 0.15) is 0 Å². The maximum absolute atomic E-state index is 5.30. The summed E-state index contributed by atoms with van der Waals surface area (Å²) in [5.41, 5.74) is 0. The van der Waals surface area contributed by atoms with Gasteiger partial charge < -0.3 is 0 Å². The Kier molecular flexibility index (Phi) is 7.91. The Balaban J connectivity index is 3.63. The first-order valence-corrected chi connectivity index (χ1v) is 4.89. The monoisotopic (exact) mass is 164 g/mol. The summed E-state index contributed by atoms with van der Waals surface area (Å²) in [6, 6.07) is 0. The van der Waals surface area contributed by atoms with Crippen molar-refractivity contribution in [3.05, 3.63) is 12.2 Å². The molecule has 0 rings (SSSR count). The highest BCUT2D eigenvalue weighted by Gasteiger charge is 2.03. The summed E-state index contributed by atoms with van der Waals surface area (Å²) in [7, 11) is 0. The van der Waals surface area contributed by atoms with Crippen molar-refractivity contribution in [3.8, 4) is 12.3 Å². The molecule has 0 heterocycles. The summed E-state index contributed by atoms with van der Waals surface area (Å²) >= 11 is 0. The standard InChI is InChI=1S/C12H20/c1-4-7-10-12(9-6-3)11-8-5-2/h3-4,7,12H,5,8-11H2,1-2H3. The van der Waals surface area contributed by atoms with E-state index in [9.17, 15) is 0 Å². The zero-order valence-corrected chi connectivity index (χ0v) is 8.34. The van der Waals surface area contributed by atoms with E-state index in [0.29, 0.717) is 5.92 Å². The first-order valence-electron chi connectivity index (χ1n) is 4.89. The number of hydrogen-bond acceptors (Lipinski definition) is 0. The van der Waals surface area contributed by atoms with Crippen molar-refractivity contribution in [2.24, 2.45) is 5.92 Å². The average Bonchev–Trinajstić information content (AvgIpc) is 2.10. The van der Waals surface area contributed by atoms with Crippen molar-refractivity contribution < 1.29 is 0 Å². The summed E-state index contributed by atoms with van der Waals surface area (Å²) in [6.07, 6.45) is 15.6. The van der Waals surface area contributed by atoms with Crippen LogP contribution in [-0.2, 0) is 0 Å². The lowest BCUT2D eigenvalue weighted by Gasteiger charge is -2.10. The second-order valence-electron chi connectivity index (χ2n) is 3.22. The molecule has 68 valence electrons. The highest BCUT2D eigenvalue weighted by molar-refractivity contribution is 4.90. The molecule has 0 aliphatic heterocycles. The van der Waals surface area contributed by atoms with E-state index in [2.05, 4.69) is 31.9 Å². The van der Waals surface area contributed by atoms with Crippen LogP contribution < -0.4 is 0 Å². The fourth-order valence-electron chi connectivity index (χ4n) is 1.29. The highest BCUT2D eigenvalue weighted by atomic mass is 14.1. The molecule has 0 heteroatoms. The van der Waals surface area contributed by atoms with Crippen molar-refractivity contribution >= 4 is 0 Å². The molecule has 0 fully saturated rings. The van der Waals surface area contributed by atoms with Gasteiger partial charge in [0.2, 0.25) is 0 Å². The predicted molar refractivity (Wildman–Crippen MR) is 55.9 cm³/mol. The van der Waals surface area contributed by atoms with Crippen LogP contribution in [0.2, 0.25) is 0 Å². The Hall–Kier alpha value is -0.700. The molecule has 1 unspecified atom stereocenters. The van der Waals surface area contributed by atoms with E-state index in [1.54, 1.807) is 0 Å². The molecule has 0 aromatic rings. The van der Waals surface area contributed by atoms with Crippen LogP contribution in [0.1, 0.15) is 46.0 Å². The lowest BCUT2D eigenvalue weighted by Crippen LogP contribution is -1.97. The molecular weight excluding hydrogens is 144 g/mol. The Morgan fingerprint density at radius 3 is 2.75 bits per heavy atom. The van der Waals surface area contributed by atoms with Gasteiger partial charge in [0, 0.05) is 6.42 Å². The Morgan fingerprint density at radius 1 is 1.50 bits per heavy atom. The van der Waals surface area contributed by atoms with Crippen LogP contribution in [0.3, 0.4) is 0 Å². The van der Waals surface area contributed by atoms with Gasteiger partial charge in [0.25, 0.3) is 0 Å². The van der Waals surface area contributed by atoms with E-state index < -0.39 is 0 Å². The van der Waals surface area contributed by atoms with Crippen LogP contribution in [0.5, 0.6) is 0 Å². The molecule has 0 saturated carbocycles. The van der Waals surface area contributed by atoms with Gasteiger partial charge in [-0.15, -0.1) is 12.3 Å². The molecule has 1 atom stereocenters. The van der Waals surface area contributed by atoms with E-state index in [0.717, 1.165) is 12.8 Å². The van der Waals surface area contributed by atoms with Gasteiger partial charge in [-0.25, -0.2) is 0 Å². The van der Waals surface area contributed by atoms with Gasteiger partial charge in [0.15, 0.2) is 0 Å². The van der Waals surface area contributed by atoms with Gasteiger partial charge in [-0.3, -0.25) is 0 Å². The maximum atomic E-state index is 5.30. The number of rotatable bonds is 6. The zero-order chi connectivity index (χ0) is 9.23. The lowest BCUT2D eigenvalue weighted by atomic mass is 9.95. The molecule has 0 radical (unpaired) electrons. The molecule has 0 amide bonds. The van der Waals surface area contributed by atoms with Gasteiger partial charge in [0.05, 0.1) is 0 Å². The molecule has 0 saturated heterocycles. The smallest absolute Gasteiger partial charge is 0.0117 e. The van der Waals surface area contributed by atoms with Crippen LogP contribution in [0.25, 0.3) is 0 Å². The van der Waals surface area contributed by atoms with Crippen molar-refractivity contribution in [2.75, 3.05) is 0 Å². The molecule has 0 spiro atoms. The number of allylic oxidation sites excluding steroid dienone is 2. The quantitative estimate of drug-likeness (QED) is 0.414. The van der Waals surface area contributed by atoms with Gasteiger partial charge in [-0.05, 0) is 25.7 Å². The largest absolute Gasteiger partial charge is 0.120 e. The predicted octanol–water partition coefficient (Wildman–Crippen LogP) is 3.78. The Morgan fingerprint density at radius 2 is 2.25 bits per heavy atom. The van der Waals surface area contributed by atoms with Crippen molar-refractivity contribution in [1.82, 2.24) is 0 Å². The average molecular weight is 164 g/mol. The molecule has 12 heavy (non-hydrogen) atoms. The maximum Gasteiger partial charge on any atom is 0.0117 e. The summed E-state index contributed by atoms with van der Waals surface area (Å²) in [5, 5.41) is 0. The summed E-state index contributed by atoms with van der Waals surface area (Å²) < 4.78 is 0. The van der Waals surface area contributed by atoms with Crippen LogP contribution >= 0.6 is 0 Å². The molecule has 0 nitrogen and oxygen atoms in total. The van der Waals surface area contributed by atoms with E-state index in [-0.39, 0.29) is 0 Å². The van der Waals surface area contributed by atoms with Crippen LogP contribution in [0.4, 0.5) is 0 Å². The third-order valence-corrected chi connectivity index (χ3v) is 2.08. The topological polar surface area (TPSA) is 0 Å². The lowest BCUT2D eigenvalue weighted by molar-refractivity contribution is 0.481. The zero-order valence-electron chi connectivity index (χ0n) is 8.34. The molecule has 0 aliphatic rings. The highest BCUT2D eigenvalue weighted by Crippen LogP contribution is 2.16. The number of unbranched alkanes of at least 4 members (excludes halogenated alkanes) is 1. The van der Waals surface area contributed by atoms with Gasteiger partial charge in [-0.1, -0.05) is 31.9 Å². The third-order valence-electron chi connectivity index (χ3n) is 2.08. The minimum atomic E-state index is 0.714. The van der Waals surface area contributed by atoms with E-state index >= 15 is 0 Å². The normalized spacial score (nSPS) is 13.1.